The fraction of sp³-hybridized carbons (Fsp3) is 0.414. The minimum Gasteiger partial charge on any atom is -0.471 e. The Labute approximate surface area is 231 Å². The van der Waals surface area contributed by atoms with E-state index in [1.54, 1.807) is 26.8 Å². The Morgan fingerprint density at radius 2 is 1.87 bits per heavy atom. The maximum absolute atomic E-state index is 13.5. The van der Waals surface area contributed by atoms with E-state index in [9.17, 15) is 14.4 Å². The summed E-state index contributed by atoms with van der Waals surface area (Å²) in [5.41, 5.74) is 0.286. The van der Waals surface area contributed by atoms with E-state index < -0.39 is 35.3 Å². The van der Waals surface area contributed by atoms with Crippen LogP contribution in [0.5, 0.6) is 5.88 Å². The number of fused-ring (bicyclic) bond motifs is 1. The van der Waals surface area contributed by atoms with Gasteiger partial charge in [-0.25, -0.2) is 14.8 Å². The summed E-state index contributed by atoms with van der Waals surface area (Å²) in [6.07, 6.45) is 1.21. The summed E-state index contributed by atoms with van der Waals surface area (Å²) in [6, 6.07) is 10.5. The van der Waals surface area contributed by atoms with Crippen molar-refractivity contribution in [2.24, 2.45) is 5.92 Å². The minimum atomic E-state index is -0.979. The number of para-hydroxylation sites is 2. The van der Waals surface area contributed by atoms with Crippen LogP contribution in [0.15, 0.2) is 54.4 Å². The van der Waals surface area contributed by atoms with Gasteiger partial charge in [0.25, 0.3) is 0 Å². The Bertz CT molecular complexity index is 1430. The normalized spacial score (nSPS) is 24.3. The van der Waals surface area contributed by atoms with E-state index in [4.69, 9.17) is 19.4 Å². The lowest BCUT2D eigenvalue weighted by Crippen LogP contribution is -2.53. The summed E-state index contributed by atoms with van der Waals surface area (Å²) in [4.78, 5) is 51.0. The summed E-state index contributed by atoms with van der Waals surface area (Å²) in [5, 5.41) is 4.86. The molecule has 0 unspecified atom stereocenters. The first kappa shape index (κ1) is 26.8. The largest absolute Gasteiger partial charge is 0.471 e. The number of nitrogens with zero attached hydrogens (tertiary/aromatic N) is 3. The van der Waals surface area contributed by atoms with Gasteiger partial charge in [-0.1, -0.05) is 24.3 Å². The zero-order chi connectivity index (χ0) is 27.9. The van der Waals surface area contributed by atoms with Gasteiger partial charge in [-0.3, -0.25) is 14.5 Å². The van der Waals surface area contributed by atoms with Gasteiger partial charge in [0.1, 0.15) is 29.0 Å². The van der Waals surface area contributed by atoms with Crippen molar-refractivity contribution in [1.82, 2.24) is 20.2 Å². The van der Waals surface area contributed by atoms with E-state index in [0.717, 1.165) is 10.4 Å². The molecule has 0 radical (unpaired) electrons. The van der Waals surface area contributed by atoms with E-state index >= 15 is 0 Å². The first-order valence-electron chi connectivity index (χ1n) is 12.9. The molecular formula is C29H32N4O5S. The number of carbonyl (C=O) groups is 3. The SMILES string of the molecule is C=C[C@@H]1C[C@]1(NC(=O)[C@@H]1C[C@@H](Oc2nc3ccccc3nc2-c2cccs2)CN1C(=O)OC(C)(C)C)C(C)=O. The average molecular weight is 549 g/mol. The van der Waals surface area contributed by atoms with Crippen LogP contribution in [-0.4, -0.2) is 62.5 Å². The van der Waals surface area contributed by atoms with Crippen LogP contribution >= 0.6 is 11.3 Å². The molecule has 0 spiro atoms. The second-order valence-electron chi connectivity index (χ2n) is 11.0. The molecule has 39 heavy (non-hydrogen) atoms. The summed E-state index contributed by atoms with van der Waals surface area (Å²) >= 11 is 1.52. The molecule has 2 aromatic heterocycles. The van der Waals surface area contributed by atoms with E-state index in [-0.39, 0.29) is 24.7 Å². The van der Waals surface area contributed by atoms with Crippen LogP contribution in [0.3, 0.4) is 0 Å². The lowest BCUT2D eigenvalue weighted by atomic mass is 10.1. The number of hydrogen-bond acceptors (Lipinski definition) is 8. The van der Waals surface area contributed by atoms with Crippen molar-refractivity contribution >= 4 is 40.2 Å². The number of amides is 2. The molecule has 2 amide bonds. The van der Waals surface area contributed by atoms with Crippen molar-refractivity contribution in [2.75, 3.05) is 6.54 Å². The van der Waals surface area contributed by atoms with Crippen LogP contribution < -0.4 is 10.1 Å². The maximum atomic E-state index is 13.5. The number of ketones is 1. The molecule has 1 aliphatic heterocycles. The number of benzene rings is 1. The van der Waals surface area contributed by atoms with Crippen molar-refractivity contribution in [3.05, 3.63) is 54.4 Å². The van der Waals surface area contributed by atoms with Gasteiger partial charge in [-0.05, 0) is 57.7 Å². The molecule has 3 heterocycles. The van der Waals surface area contributed by atoms with Crippen molar-refractivity contribution < 1.29 is 23.9 Å². The Morgan fingerprint density at radius 1 is 1.15 bits per heavy atom. The van der Waals surface area contributed by atoms with Crippen LogP contribution in [0.1, 0.15) is 40.5 Å². The molecule has 3 aromatic rings. The molecule has 0 bridgehead atoms. The molecule has 1 saturated carbocycles. The molecule has 204 valence electrons. The number of nitrogens with one attached hydrogen (secondary N) is 1. The lowest BCUT2D eigenvalue weighted by Gasteiger charge is -2.28. The molecule has 1 aromatic carbocycles. The summed E-state index contributed by atoms with van der Waals surface area (Å²) in [7, 11) is 0. The number of ether oxygens (including phenoxy) is 2. The molecular weight excluding hydrogens is 516 g/mol. The second kappa shape index (κ2) is 10.1. The number of rotatable bonds is 7. The maximum Gasteiger partial charge on any atom is 0.411 e. The molecule has 10 heteroatoms. The molecule has 2 fully saturated rings. The van der Waals surface area contributed by atoms with Crippen LogP contribution in [0.25, 0.3) is 21.6 Å². The predicted molar refractivity (Wildman–Crippen MR) is 148 cm³/mol. The smallest absolute Gasteiger partial charge is 0.411 e. The van der Waals surface area contributed by atoms with Gasteiger partial charge >= 0.3 is 6.09 Å². The molecule has 1 saturated heterocycles. The number of Topliss-reactive ketones (excluding diaryl/α,β-unsaturated/α-hetero) is 1. The highest BCUT2D eigenvalue weighted by Gasteiger charge is 2.58. The van der Waals surface area contributed by atoms with E-state index in [2.05, 4.69) is 11.9 Å². The van der Waals surface area contributed by atoms with Crippen molar-refractivity contribution in [3.8, 4) is 16.5 Å². The van der Waals surface area contributed by atoms with E-state index in [1.165, 1.54) is 23.2 Å². The quantitative estimate of drug-likeness (QED) is 0.424. The first-order chi connectivity index (χ1) is 18.5. The second-order valence-corrected chi connectivity index (χ2v) is 12.0. The zero-order valence-corrected chi connectivity index (χ0v) is 23.3. The van der Waals surface area contributed by atoms with Crippen LogP contribution in [0.2, 0.25) is 0 Å². The number of hydrogen-bond donors (Lipinski definition) is 1. The van der Waals surface area contributed by atoms with Gasteiger partial charge in [0, 0.05) is 12.3 Å². The van der Waals surface area contributed by atoms with Gasteiger partial charge in [0.15, 0.2) is 5.78 Å². The molecule has 5 rings (SSSR count). The molecule has 1 N–H and O–H groups in total. The summed E-state index contributed by atoms with van der Waals surface area (Å²) in [6.45, 7) is 10.7. The Balaban J connectivity index is 1.44. The highest BCUT2D eigenvalue weighted by Crippen LogP contribution is 2.45. The Kier molecular flexibility index (Phi) is 6.92. The fourth-order valence-corrected chi connectivity index (χ4v) is 5.67. The Morgan fingerprint density at radius 3 is 2.46 bits per heavy atom. The molecule has 9 nitrogen and oxygen atoms in total. The van der Waals surface area contributed by atoms with E-state index in [1.807, 2.05) is 41.8 Å². The van der Waals surface area contributed by atoms with Gasteiger partial charge in [0.2, 0.25) is 11.8 Å². The van der Waals surface area contributed by atoms with Gasteiger partial charge < -0.3 is 14.8 Å². The minimum absolute atomic E-state index is 0.114. The third-order valence-corrected chi connectivity index (χ3v) is 7.92. The number of likely N-dealkylation sites (tertiary alicyclic amines) is 1. The third kappa shape index (κ3) is 5.38. The lowest BCUT2D eigenvalue weighted by molar-refractivity contribution is -0.130. The highest BCUT2D eigenvalue weighted by molar-refractivity contribution is 7.13. The number of carbonyl (C=O) groups excluding carboxylic acids is 3. The zero-order valence-electron chi connectivity index (χ0n) is 22.5. The van der Waals surface area contributed by atoms with Crippen molar-refractivity contribution in [1.29, 1.82) is 0 Å². The van der Waals surface area contributed by atoms with Gasteiger partial charge in [-0.2, -0.15) is 0 Å². The van der Waals surface area contributed by atoms with Crippen LogP contribution in [0, 0.1) is 5.92 Å². The molecule has 4 atom stereocenters. The highest BCUT2D eigenvalue weighted by atomic mass is 32.1. The Hall–Kier alpha value is -3.79. The standard InChI is InChI=1S/C29H32N4O5S/c1-6-18-15-29(18,17(2)34)32-25(35)22-14-19(16-33(22)27(36)38-28(3,4)5)37-26-24(23-12-9-13-39-23)30-20-10-7-8-11-21(20)31-26/h6-13,18-19,22H,1,14-16H2,2-5H3,(H,32,35)/t18-,19-,22+,29+/m1/s1. The topological polar surface area (TPSA) is 111 Å². The monoisotopic (exact) mass is 548 g/mol. The number of aromatic nitrogens is 2. The van der Waals surface area contributed by atoms with Gasteiger partial charge in [0.05, 0.1) is 22.5 Å². The third-order valence-electron chi connectivity index (χ3n) is 7.04. The summed E-state index contributed by atoms with van der Waals surface area (Å²) in [5.74, 6) is -0.360. The van der Waals surface area contributed by atoms with Crippen LogP contribution in [-0.2, 0) is 14.3 Å². The van der Waals surface area contributed by atoms with Gasteiger partial charge in [-0.15, -0.1) is 17.9 Å². The van der Waals surface area contributed by atoms with Crippen LogP contribution in [0.4, 0.5) is 4.79 Å². The molecule has 1 aliphatic carbocycles. The van der Waals surface area contributed by atoms with Crippen molar-refractivity contribution in [2.45, 2.75) is 63.8 Å². The predicted octanol–water partition coefficient (Wildman–Crippen LogP) is 4.77. The number of thiophene rings is 1. The van der Waals surface area contributed by atoms with E-state index in [0.29, 0.717) is 23.5 Å². The van der Waals surface area contributed by atoms with Crippen molar-refractivity contribution in [3.63, 3.8) is 0 Å². The summed E-state index contributed by atoms with van der Waals surface area (Å²) < 4.78 is 12.0. The average Bonchev–Trinajstić information content (AvgIpc) is 3.20. The fourth-order valence-electron chi connectivity index (χ4n) is 4.96. The first-order valence-corrected chi connectivity index (χ1v) is 13.8. The molecule has 2 aliphatic rings.